The molecule has 2 heterocycles. The average Bonchev–Trinajstić information content (AvgIpc) is 2.96. The number of nitrogens with one attached hydrogen (secondary N) is 3. The molecule has 1 aliphatic heterocycles. The molecular formula is C30H36N6O5. The van der Waals surface area contributed by atoms with Gasteiger partial charge in [-0.05, 0) is 67.3 Å². The summed E-state index contributed by atoms with van der Waals surface area (Å²) in [6.07, 6.45) is 1.15. The maximum atomic E-state index is 13.3. The zero-order chi connectivity index (χ0) is 29.2. The van der Waals surface area contributed by atoms with Crippen LogP contribution in [0.5, 0.6) is 0 Å². The summed E-state index contributed by atoms with van der Waals surface area (Å²) in [5, 5.41) is 17.0. The van der Waals surface area contributed by atoms with Gasteiger partial charge in [-0.2, -0.15) is 0 Å². The summed E-state index contributed by atoms with van der Waals surface area (Å²) in [5.74, 6) is -0.481. The fourth-order valence-electron chi connectivity index (χ4n) is 4.46. The molecule has 0 aliphatic carbocycles. The standard InChI is InChI=1S/C30H36N6O5/c1-21-8-10-24(18-22(21)2)32-29(38)36(13-5-12-35-14-16-41-17-15-35)20-23-9-11-27(31-19-23)28(37)33-25-6-3-4-7-26(25)34-30(39)40/h3-4,6-11,18-19,34H,5,12-17,20H2,1-2H3,(H,32,38)(H,33,37)(H,39,40). The number of urea groups is 1. The highest BCUT2D eigenvalue weighted by Crippen LogP contribution is 2.22. The third kappa shape index (κ3) is 8.75. The number of amides is 4. The minimum Gasteiger partial charge on any atom is -0.465 e. The number of morpholine rings is 1. The molecule has 0 bridgehead atoms. The lowest BCUT2D eigenvalue weighted by atomic mass is 10.1. The number of aromatic nitrogens is 1. The SMILES string of the molecule is Cc1ccc(NC(=O)N(CCCN2CCOCC2)Cc2ccc(C(=O)Nc3ccccc3NC(=O)O)nc2)cc1C. The predicted molar refractivity (Wildman–Crippen MR) is 158 cm³/mol. The molecule has 1 aromatic heterocycles. The summed E-state index contributed by atoms with van der Waals surface area (Å²) >= 11 is 0. The summed E-state index contributed by atoms with van der Waals surface area (Å²) in [4.78, 5) is 45.6. The van der Waals surface area contributed by atoms with E-state index in [1.807, 2.05) is 32.0 Å². The number of ether oxygens (including phenoxy) is 1. The molecule has 216 valence electrons. The van der Waals surface area contributed by atoms with Crippen LogP contribution in [-0.4, -0.2) is 77.3 Å². The van der Waals surface area contributed by atoms with Crippen molar-refractivity contribution >= 4 is 35.1 Å². The van der Waals surface area contributed by atoms with Crippen molar-refractivity contribution in [2.24, 2.45) is 0 Å². The molecule has 11 heteroatoms. The van der Waals surface area contributed by atoms with Crippen LogP contribution in [-0.2, 0) is 11.3 Å². The van der Waals surface area contributed by atoms with Gasteiger partial charge < -0.3 is 25.4 Å². The number of nitrogens with zero attached hydrogens (tertiary/aromatic N) is 3. The largest absolute Gasteiger partial charge is 0.465 e. The van der Waals surface area contributed by atoms with Gasteiger partial charge in [0.15, 0.2) is 0 Å². The van der Waals surface area contributed by atoms with E-state index in [1.54, 1.807) is 47.5 Å². The molecule has 2 aromatic carbocycles. The van der Waals surface area contributed by atoms with Gasteiger partial charge in [0.25, 0.3) is 5.91 Å². The Morgan fingerprint density at radius 2 is 1.68 bits per heavy atom. The quantitative estimate of drug-likeness (QED) is 0.280. The minimum absolute atomic E-state index is 0.164. The van der Waals surface area contributed by atoms with Crippen molar-refractivity contribution in [1.29, 1.82) is 0 Å². The highest BCUT2D eigenvalue weighted by Gasteiger charge is 2.18. The number of aryl methyl sites for hydroxylation is 2. The maximum absolute atomic E-state index is 13.3. The lowest BCUT2D eigenvalue weighted by molar-refractivity contribution is 0.0365. The summed E-state index contributed by atoms with van der Waals surface area (Å²) in [6, 6.07) is 15.5. The number of anilines is 3. The Hall–Kier alpha value is -4.48. The van der Waals surface area contributed by atoms with Crippen LogP contribution in [0.4, 0.5) is 26.7 Å². The zero-order valence-electron chi connectivity index (χ0n) is 23.4. The van der Waals surface area contributed by atoms with Crippen LogP contribution in [0.3, 0.4) is 0 Å². The van der Waals surface area contributed by atoms with Crippen LogP contribution in [0, 0.1) is 13.8 Å². The molecule has 0 saturated carbocycles. The Labute approximate surface area is 239 Å². The van der Waals surface area contributed by atoms with Gasteiger partial charge in [0.05, 0.1) is 24.6 Å². The van der Waals surface area contributed by atoms with E-state index in [-0.39, 0.29) is 17.4 Å². The first kappa shape index (κ1) is 29.5. The monoisotopic (exact) mass is 560 g/mol. The van der Waals surface area contributed by atoms with Crippen LogP contribution in [0.15, 0.2) is 60.8 Å². The van der Waals surface area contributed by atoms with E-state index in [0.717, 1.165) is 61.6 Å². The molecule has 4 N–H and O–H groups in total. The first-order valence-electron chi connectivity index (χ1n) is 13.6. The number of carbonyl (C=O) groups excluding carboxylic acids is 2. The van der Waals surface area contributed by atoms with Crippen LogP contribution >= 0.6 is 0 Å². The maximum Gasteiger partial charge on any atom is 0.409 e. The topological polar surface area (TPSA) is 136 Å². The molecule has 0 atom stereocenters. The van der Waals surface area contributed by atoms with E-state index >= 15 is 0 Å². The van der Waals surface area contributed by atoms with E-state index in [2.05, 4.69) is 25.8 Å². The van der Waals surface area contributed by atoms with Crippen molar-refractivity contribution in [2.75, 3.05) is 55.3 Å². The summed E-state index contributed by atoms with van der Waals surface area (Å²) in [5.41, 5.74) is 4.50. The van der Waals surface area contributed by atoms with Gasteiger partial charge in [-0.3, -0.25) is 20.0 Å². The molecule has 41 heavy (non-hydrogen) atoms. The van der Waals surface area contributed by atoms with E-state index in [0.29, 0.717) is 18.8 Å². The number of carbonyl (C=O) groups is 3. The van der Waals surface area contributed by atoms with Gasteiger partial charge in [-0.25, -0.2) is 9.59 Å². The lowest BCUT2D eigenvalue weighted by Crippen LogP contribution is -2.40. The molecule has 11 nitrogen and oxygen atoms in total. The molecule has 1 saturated heterocycles. The van der Waals surface area contributed by atoms with Crippen LogP contribution < -0.4 is 16.0 Å². The van der Waals surface area contributed by atoms with Crippen molar-refractivity contribution < 1.29 is 24.2 Å². The van der Waals surface area contributed by atoms with Gasteiger partial charge >= 0.3 is 12.1 Å². The second kappa shape index (κ2) is 14.2. The Morgan fingerprint density at radius 1 is 0.951 bits per heavy atom. The van der Waals surface area contributed by atoms with Crippen molar-refractivity contribution in [3.8, 4) is 0 Å². The van der Waals surface area contributed by atoms with E-state index in [1.165, 1.54) is 0 Å². The Morgan fingerprint density at radius 3 is 2.34 bits per heavy atom. The smallest absolute Gasteiger partial charge is 0.409 e. The van der Waals surface area contributed by atoms with Gasteiger partial charge in [-0.1, -0.05) is 24.3 Å². The van der Waals surface area contributed by atoms with E-state index in [9.17, 15) is 14.4 Å². The lowest BCUT2D eigenvalue weighted by Gasteiger charge is -2.28. The summed E-state index contributed by atoms with van der Waals surface area (Å²) < 4.78 is 5.43. The fraction of sp³-hybridized carbons (Fsp3) is 0.333. The second-order valence-corrected chi connectivity index (χ2v) is 9.94. The van der Waals surface area contributed by atoms with E-state index in [4.69, 9.17) is 9.84 Å². The van der Waals surface area contributed by atoms with Gasteiger partial charge in [0.1, 0.15) is 5.69 Å². The number of rotatable bonds is 10. The molecule has 0 radical (unpaired) electrons. The highest BCUT2D eigenvalue weighted by molar-refractivity contribution is 6.05. The fourth-order valence-corrected chi connectivity index (χ4v) is 4.46. The molecule has 4 amide bonds. The average molecular weight is 561 g/mol. The summed E-state index contributed by atoms with van der Waals surface area (Å²) in [7, 11) is 0. The Kier molecular flexibility index (Phi) is 10.2. The zero-order valence-corrected chi connectivity index (χ0v) is 23.4. The molecule has 1 fully saturated rings. The van der Waals surface area contributed by atoms with Gasteiger partial charge in [0.2, 0.25) is 0 Å². The third-order valence-corrected chi connectivity index (χ3v) is 6.90. The predicted octanol–water partition coefficient (Wildman–Crippen LogP) is 4.80. The third-order valence-electron chi connectivity index (χ3n) is 6.90. The first-order valence-corrected chi connectivity index (χ1v) is 13.6. The highest BCUT2D eigenvalue weighted by atomic mass is 16.5. The molecule has 0 unspecified atom stereocenters. The number of para-hydroxylation sites is 2. The minimum atomic E-state index is -1.23. The normalized spacial score (nSPS) is 13.3. The van der Waals surface area contributed by atoms with Gasteiger partial charge in [-0.15, -0.1) is 0 Å². The number of hydrogen-bond donors (Lipinski definition) is 4. The number of hydrogen-bond acceptors (Lipinski definition) is 6. The Bertz CT molecular complexity index is 1360. The first-order chi connectivity index (χ1) is 19.8. The number of carboxylic acid groups (broad SMARTS) is 1. The molecule has 3 aromatic rings. The molecule has 4 rings (SSSR count). The number of benzene rings is 2. The second-order valence-electron chi connectivity index (χ2n) is 9.94. The van der Waals surface area contributed by atoms with Crippen molar-refractivity contribution in [1.82, 2.24) is 14.8 Å². The Balaban J connectivity index is 1.42. The van der Waals surface area contributed by atoms with Crippen LogP contribution in [0.25, 0.3) is 0 Å². The van der Waals surface area contributed by atoms with Gasteiger partial charge in [0, 0.05) is 44.6 Å². The summed E-state index contributed by atoms with van der Waals surface area (Å²) in [6.45, 7) is 9.00. The molecular weight excluding hydrogens is 524 g/mol. The molecule has 1 aliphatic rings. The van der Waals surface area contributed by atoms with Crippen molar-refractivity contribution in [3.05, 3.63) is 83.2 Å². The van der Waals surface area contributed by atoms with E-state index < -0.39 is 12.0 Å². The van der Waals surface area contributed by atoms with Crippen molar-refractivity contribution in [3.63, 3.8) is 0 Å². The van der Waals surface area contributed by atoms with Crippen LogP contribution in [0.1, 0.15) is 33.6 Å². The molecule has 0 spiro atoms. The number of pyridine rings is 1. The van der Waals surface area contributed by atoms with Crippen LogP contribution in [0.2, 0.25) is 0 Å². The van der Waals surface area contributed by atoms with Crippen molar-refractivity contribution in [2.45, 2.75) is 26.8 Å².